The molecule has 2 rings (SSSR count). The van der Waals surface area contributed by atoms with E-state index in [1.54, 1.807) is 0 Å². The molecule has 0 radical (unpaired) electrons. The van der Waals surface area contributed by atoms with Crippen LogP contribution in [0.5, 0.6) is 0 Å². The number of anilines is 1. The Morgan fingerprint density at radius 3 is 2.39 bits per heavy atom. The number of hydrogen-bond donors (Lipinski definition) is 1. The third-order valence-corrected chi connectivity index (χ3v) is 3.22. The standard InChI is InChI=1S/C15H19N3/c1-5-12-11(4)17-15(18-14(12)16)13-7-6-9(2)8-10(13)3/h6-8H,5H2,1-4H3,(H2,16,17,18). The molecule has 0 fully saturated rings. The van der Waals surface area contributed by atoms with E-state index < -0.39 is 0 Å². The van der Waals surface area contributed by atoms with Gasteiger partial charge in [0.15, 0.2) is 5.82 Å². The van der Waals surface area contributed by atoms with Crippen LogP contribution < -0.4 is 5.73 Å². The van der Waals surface area contributed by atoms with Gasteiger partial charge in [0.25, 0.3) is 0 Å². The van der Waals surface area contributed by atoms with Gasteiger partial charge in [-0.05, 0) is 32.8 Å². The summed E-state index contributed by atoms with van der Waals surface area (Å²) in [5.41, 5.74) is 11.5. The minimum Gasteiger partial charge on any atom is -0.383 e. The van der Waals surface area contributed by atoms with Gasteiger partial charge in [-0.25, -0.2) is 9.97 Å². The van der Waals surface area contributed by atoms with E-state index in [2.05, 4.69) is 48.9 Å². The molecule has 0 saturated heterocycles. The number of benzene rings is 1. The van der Waals surface area contributed by atoms with Crippen LogP contribution in [0, 0.1) is 20.8 Å². The lowest BCUT2D eigenvalue weighted by atomic mass is 10.0. The van der Waals surface area contributed by atoms with Gasteiger partial charge in [0.1, 0.15) is 5.82 Å². The summed E-state index contributed by atoms with van der Waals surface area (Å²) in [4.78, 5) is 9.01. The highest BCUT2D eigenvalue weighted by Crippen LogP contribution is 2.24. The van der Waals surface area contributed by atoms with E-state index in [-0.39, 0.29) is 0 Å². The number of hydrogen-bond acceptors (Lipinski definition) is 3. The zero-order chi connectivity index (χ0) is 13.3. The Labute approximate surface area is 108 Å². The zero-order valence-corrected chi connectivity index (χ0v) is 11.4. The fourth-order valence-electron chi connectivity index (χ4n) is 2.24. The monoisotopic (exact) mass is 241 g/mol. The molecule has 1 aromatic carbocycles. The predicted molar refractivity (Wildman–Crippen MR) is 75.5 cm³/mol. The highest BCUT2D eigenvalue weighted by molar-refractivity contribution is 5.63. The van der Waals surface area contributed by atoms with Gasteiger partial charge in [-0.1, -0.05) is 30.7 Å². The molecule has 18 heavy (non-hydrogen) atoms. The molecule has 0 aliphatic heterocycles. The molecule has 1 heterocycles. The Morgan fingerprint density at radius 1 is 1.11 bits per heavy atom. The maximum atomic E-state index is 6.00. The van der Waals surface area contributed by atoms with Gasteiger partial charge in [0, 0.05) is 16.8 Å². The molecule has 0 unspecified atom stereocenters. The Balaban J connectivity index is 2.58. The molecule has 0 spiro atoms. The Bertz CT molecular complexity index is 565. The molecule has 94 valence electrons. The maximum absolute atomic E-state index is 6.00. The molecule has 3 nitrogen and oxygen atoms in total. The lowest BCUT2D eigenvalue weighted by Gasteiger charge is -2.10. The fraction of sp³-hybridized carbons (Fsp3) is 0.333. The largest absolute Gasteiger partial charge is 0.383 e. The van der Waals surface area contributed by atoms with E-state index in [4.69, 9.17) is 5.73 Å². The Morgan fingerprint density at radius 2 is 1.83 bits per heavy atom. The van der Waals surface area contributed by atoms with Crippen molar-refractivity contribution in [2.24, 2.45) is 0 Å². The Kier molecular flexibility index (Phi) is 3.32. The summed E-state index contributed by atoms with van der Waals surface area (Å²) in [6.07, 6.45) is 0.866. The molecular weight excluding hydrogens is 222 g/mol. The van der Waals surface area contributed by atoms with Crippen LogP contribution in [0.1, 0.15) is 29.3 Å². The van der Waals surface area contributed by atoms with Gasteiger partial charge < -0.3 is 5.73 Å². The summed E-state index contributed by atoms with van der Waals surface area (Å²) in [7, 11) is 0. The van der Waals surface area contributed by atoms with Gasteiger partial charge in [0.05, 0.1) is 0 Å². The van der Waals surface area contributed by atoms with Gasteiger partial charge in [-0.3, -0.25) is 0 Å². The number of rotatable bonds is 2. The molecule has 0 bridgehead atoms. The minimum absolute atomic E-state index is 0.597. The number of nitrogens with two attached hydrogens (primary N) is 1. The molecule has 0 aliphatic carbocycles. The van der Waals surface area contributed by atoms with E-state index in [0.717, 1.165) is 29.1 Å². The lowest BCUT2D eigenvalue weighted by molar-refractivity contribution is 1.01. The molecule has 1 aromatic heterocycles. The highest BCUT2D eigenvalue weighted by Gasteiger charge is 2.10. The number of nitrogen functional groups attached to an aromatic ring is 1. The van der Waals surface area contributed by atoms with Gasteiger partial charge in [-0.15, -0.1) is 0 Å². The van der Waals surface area contributed by atoms with Crippen molar-refractivity contribution in [3.8, 4) is 11.4 Å². The van der Waals surface area contributed by atoms with Crippen LogP contribution in [0.2, 0.25) is 0 Å². The van der Waals surface area contributed by atoms with Crippen molar-refractivity contribution in [1.29, 1.82) is 0 Å². The van der Waals surface area contributed by atoms with Crippen LogP contribution in [0.15, 0.2) is 18.2 Å². The molecule has 0 saturated carbocycles. The van der Waals surface area contributed by atoms with Gasteiger partial charge in [-0.2, -0.15) is 0 Å². The first-order chi connectivity index (χ1) is 8.52. The number of aromatic nitrogens is 2. The molecule has 0 atom stereocenters. The summed E-state index contributed by atoms with van der Waals surface area (Å²) in [6.45, 7) is 8.21. The summed E-state index contributed by atoms with van der Waals surface area (Å²) in [5, 5.41) is 0. The summed E-state index contributed by atoms with van der Waals surface area (Å²) < 4.78 is 0. The number of aryl methyl sites for hydroxylation is 3. The maximum Gasteiger partial charge on any atom is 0.162 e. The van der Waals surface area contributed by atoms with E-state index in [9.17, 15) is 0 Å². The number of nitrogens with zero attached hydrogens (tertiary/aromatic N) is 2. The average Bonchev–Trinajstić information content (AvgIpc) is 2.28. The first-order valence-corrected chi connectivity index (χ1v) is 6.23. The van der Waals surface area contributed by atoms with Gasteiger partial charge >= 0.3 is 0 Å². The van der Waals surface area contributed by atoms with Crippen molar-refractivity contribution in [1.82, 2.24) is 9.97 Å². The van der Waals surface area contributed by atoms with Crippen LogP contribution in [-0.2, 0) is 6.42 Å². The normalized spacial score (nSPS) is 10.7. The molecule has 0 aliphatic rings. The molecular formula is C15H19N3. The van der Waals surface area contributed by atoms with Crippen LogP contribution >= 0.6 is 0 Å². The summed E-state index contributed by atoms with van der Waals surface area (Å²) in [6, 6.07) is 6.27. The van der Waals surface area contributed by atoms with Crippen molar-refractivity contribution in [3.05, 3.63) is 40.6 Å². The van der Waals surface area contributed by atoms with E-state index in [1.165, 1.54) is 11.1 Å². The fourth-order valence-corrected chi connectivity index (χ4v) is 2.24. The third-order valence-electron chi connectivity index (χ3n) is 3.22. The minimum atomic E-state index is 0.597. The zero-order valence-electron chi connectivity index (χ0n) is 11.4. The van der Waals surface area contributed by atoms with Gasteiger partial charge in [0.2, 0.25) is 0 Å². The van der Waals surface area contributed by atoms with Crippen LogP contribution in [-0.4, -0.2) is 9.97 Å². The second-order valence-corrected chi connectivity index (χ2v) is 4.67. The van der Waals surface area contributed by atoms with Crippen LogP contribution in [0.3, 0.4) is 0 Å². The molecule has 2 aromatic rings. The quantitative estimate of drug-likeness (QED) is 0.878. The summed E-state index contributed by atoms with van der Waals surface area (Å²) in [5.74, 6) is 1.32. The van der Waals surface area contributed by atoms with Crippen LogP contribution in [0.4, 0.5) is 5.82 Å². The molecule has 0 amide bonds. The highest BCUT2D eigenvalue weighted by atomic mass is 15.0. The van der Waals surface area contributed by atoms with Crippen molar-refractivity contribution in [2.45, 2.75) is 34.1 Å². The molecule has 2 N–H and O–H groups in total. The van der Waals surface area contributed by atoms with E-state index in [0.29, 0.717) is 5.82 Å². The summed E-state index contributed by atoms with van der Waals surface area (Å²) >= 11 is 0. The van der Waals surface area contributed by atoms with Crippen molar-refractivity contribution in [2.75, 3.05) is 5.73 Å². The second-order valence-electron chi connectivity index (χ2n) is 4.67. The predicted octanol–water partition coefficient (Wildman–Crippen LogP) is 3.21. The Hall–Kier alpha value is -1.90. The van der Waals surface area contributed by atoms with E-state index >= 15 is 0 Å². The smallest absolute Gasteiger partial charge is 0.162 e. The van der Waals surface area contributed by atoms with Crippen LogP contribution in [0.25, 0.3) is 11.4 Å². The first-order valence-electron chi connectivity index (χ1n) is 6.23. The van der Waals surface area contributed by atoms with E-state index in [1.807, 2.05) is 6.92 Å². The average molecular weight is 241 g/mol. The van der Waals surface area contributed by atoms with Crippen molar-refractivity contribution >= 4 is 5.82 Å². The lowest BCUT2D eigenvalue weighted by Crippen LogP contribution is -2.05. The van der Waals surface area contributed by atoms with Crippen molar-refractivity contribution < 1.29 is 0 Å². The second kappa shape index (κ2) is 4.77. The topological polar surface area (TPSA) is 51.8 Å². The molecule has 3 heteroatoms. The first kappa shape index (κ1) is 12.6. The van der Waals surface area contributed by atoms with Crippen molar-refractivity contribution in [3.63, 3.8) is 0 Å². The third kappa shape index (κ3) is 2.21. The SMILES string of the molecule is CCc1c(C)nc(-c2ccc(C)cc2C)nc1N.